The average molecular weight is 260 g/mol. The summed E-state index contributed by atoms with van der Waals surface area (Å²) in [4.78, 5) is 1.24. The van der Waals surface area contributed by atoms with E-state index in [0.29, 0.717) is 6.04 Å². The van der Waals surface area contributed by atoms with Crippen molar-refractivity contribution >= 4 is 11.8 Å². The second-order valence-electron chi connectivity index (χ2n) is 4.84. The summed E-state index contributed by atoms with van der Waals surface area (Å²) in [5.41, 5.74) is 1.08. The zero-order valence-electron chi connectivity index (χ0n) is 10.9. The molecule has 1 atom stereocenters. The van der Waals surface area contributed by atoms with Crippen LogP contribution in [0.2, 0.25) is 0 Å². The van der Waals surface area contributed by atoms with Crippen molar-refractivity contribution in [2.75, 3.05) is 6.26 Å². The molecule has 1 saturated carbocycles. The highest BCUT2D eigenvalue weighted by atomic mass is 32.2. The van der Waals surface area contributed by atoms with Crippen molar-refractivity contribution in [3.63, 3.8) is 0 Å². The van der Waals surface area contributed by atoms with E-state index in [2.05, 4.69) is 41.9 Å². The van der Waals surface area contributed by atoms with E-state index < -0.39 is 0 Å². The highest BCUT2D eigenvalue weighted by Gasteiger charge is 2.18. The van der Waals surface area contributed by atoms with Crippen LogP contribution in [0, 0.1) is 11.3 Å². The zero-order chi connectivity index (χ0) is 12.8. The summed E-state index contributed by atoms with van der Waals surface area (Å²) in [6.45, 7) is 0. The molecule has 2 nitrogen and oxygen atoms in total. The van der Waals surface area contributed by atoms with Crippen molar-refractivity contribution in [1.29, 1.82) is 5.26 Å². The van der Waals surface area contributed by atoms with Crippen LogP contribution in [-0.2, 0) is 0 Å². The summed E-state index contributed by atoms with van der Waals surface area (Å²) in [5.74, 6) is 0. The van der Waals surface area contributed by atoms with Crippen LogP contribution in [0.3, 0.4) is 0 Å². The van der Waals surface area contributed by atoms with E-state index in [4.69, 9.17) is 0 Å². The van der Waals surface area contributed by atoms with Gasteiger partial charge in [-0.3, -0.25) is 5.32 Å². The number of nitrogens with one attached hydrogen (secondary N) is 1. The maximum atomic E-state index is 9.32. The third-order valence-corrected chi connectivity index (χ3v) is 4.33. The van der Waals surface area contributed by atoms with Gasteiger partial charge < -0.3 is 0 Å². The normalized spacial score (nSPS) is 18.2. The Balaban J connectivity index is 2.00. The van der Waals surface area contributed by atoms with Gasteiger partial charge in [-0.15, -0.1) is 11.8 Å². The van der Waals surface area contributed by atoms with Gasteiger partial charge in [-0.05, 0) is 36.8 Å². The van der Waals surface area contributed by atoms with E-state index in [1.807, 2.05) is 0 Å². The van der Waals surface area contributed by atoms with Gasteiger partial charge in [-0.1, -0.05) is 31.4 Å². The second kappa shape index (κ2) is 6.82. The maximum absolute atomic E-state index is 9.32. The largest absolute Gasteiger partial charge is 0.295 e. The summed E-state index contributed by atoms with van der Waals surface area (Å²) in [6.07, 6.45) is 8.42. The molecule has 0 radical (unpaired) electrons. The van der Waals surface area contributed by atoms with Gasteiger partial charge >= 0.3 is 0 Å². The smallest absolute Gasteiger partial charge is 0.121 e. The molecular weight excluding hydrogens is 240 g/mol. The molecule has 3 heteroatoms. The molecule has 0 spiro atoms. The summed E-state index contributed by atoms with van der Waals surface area (Å²) >= 11 is 1.73. The van der Waals surface area contributed by atoms with Crippen molar-refractivity contribution < 1.29 is 0 Å². The molecule has 0 amide bonds. The zero-order valence-corrected chi connectivity index (χ0v) is 11.7. The standard InChI is InChI=1S/C15H20N2S/c1-18-14-9-7-12(8-10-14)15(11-16)17-13-5-3-2-4-6-13/h7-10,13,15,17H,2-6H2,1H3. The predicted molar refractivity (Wildman–Crippen MR) is 76.6 cm³/mol. The molecule has 0 aromatic heterocycles. The lowest BCUT2D eigenvalue weighted by Gasteiger charge is -2.25. The van der Waals surface area contributed by atoms with Crippen molar-refractivity contribution in [2.45, 2.75) is 49.1 Å². The Morgan fingerprint density at radius 1 is 1.22 bits per heavy atom. The Bertz CT molecular complexity index is 401. The van der Waals surface area contributed by atoms with Gasteiger partial charge in [0.05, 0.1) is 6.07 Å². The number of hydrogen-bond acceptors (Lipinski definition) is 3. The first-order valence-corrected chi connectivity index (χ1v) is 7.85. The Morgan fingerprint density at radius 2 is 1.89 bits per heavy atom. The Hall–Kier alpha value is -0.980. The summed E-state index contributed by atoms with van der Waals surface area (Å²) < 4.78 is 0. The molecule has 1 aromatic carbocycles. The number of benzene rings is 1. The molecule has 1 aliphatic carbocycles. The summed E-state index contributed by atoms with van der Waals surface area (Å²) in [5, 5.41) is 12.8. The van der Waals surface area contributed by atoms with Crippen LogP contribution < -0.4 is 5.32 Å². The van der Waals surface area contributed by atoms with Crippen molar-refractivity contribution in [3.05, 3.63) is 29.8 Å². The van der Waals surface area contributed by atoms with Gasteiger partial charge in [0.15, 0.2) is 0 Å². The topological polar surface area (TPSA) is 35.8 Å². The van der Waals surface area contributed by atoms with Crippen LogP contribution >= 0.6 is 11.8 Å². The fourth-order valence-electron chi connectivity index (χ4n) is 2.51. The molecule has 1 unspecified atom stereocenters. The minimum atomic E-state index is -0.163. The molecule has 1 fully saturated rings. The average Bonchev–Trinajstić information content (AvgIpc) is 2.46. The van der Waals surface area contributed by atoms with Gasteiger partial charge in [0.1, 0.15) is 6.04 Å². The number of nitriles is 1. The fourth-order valence-corrected chi connectivity index (χ4v) is 2.92. The molecule has 1 aliphatic rings. The van der Waals surface area contributed by atoms with Crippen molar-refractivity contribution in [2.24, 2.45) is 0 Å². The van der Waals surface area contributed by atoms with Crippen LogP contribution in [0.1, 0.15) is 43.7 Å². The molecule has 1 N–H and O–H groups in total. The monoisotopic (exact) mass is 260 g/mol. The first kappa shape index (κ1) is 13.5. The maximum Gasteiger partial charge on any atom is 0.121 e. The van der Waals surface area contributed by atoms with Crippen molar-refractivity contribution in [3.8, 4) is 6.07 Å². The first-order chi connectivity index (χ1) is 8.83. The third kappa shape index (κ3) is 3.51. The first-order valence-electron chi connectivity index (χ1n) is 6.63. The van der Waals surface area contributed by atoms with Crippen LogP contribution in [0.4, 0.5) is 0 Å². The van der Waals surface area contributed by atoms with Gasteiger partial charge in [-0.2, -0.15) is 5.26 Å². The van der Waals surface area contributed by atoms with Gasteiger partial charge in [0, 0.05) is 10.9 Å². The summed E-state index contributed by atoms with van der Waals surface area (Å²) in [6, 6.07) is 11.0. The number of hydrogen-bond donors (Lipinski definition) is 1. The van der Waals surface area contributed by atoms with E-state index in [9.17, 15) is 5.26 Å². The third-order valence-electron chi connectivity index (χ3n) is 3.59. The predicted octanol–water partition coefficient (Wildman–Crippen LogP) is 3.90. The van der Waals surface area contributed by atoms with E-state index in [1.54, 1.807) is 11.8 Å². The lowest BCUT2D eigenvalue weighted by Crippen LogP contribution is -2.33. The quantitative estimate of drug-likeness (QED) is 0.834. The molecule has 0 saturated heterocycles. The Morgan fingerprint density at radius 3 is 2.44 bits per heavy atom. The fraction of sp³-hybridized carbons (Fsp3) is 0.533. The highest BCUT2D eigenvalue weighted by Crippen LogP contribution is 2.23. The SMILES string of the molecule is CSc1ccc(C(C#N)NC2CCCCC2)cc1. The van der Waals surface area contributed by atoms with E-state index in [1.165, 1.54) is 37.0 Å². The molecule has 0 heterocycles. The lowest BCUT2D eigenvalue weighted by molar-refractivity contribution is 0.360. The molecule has 1 aromatic rings. The van der Waals surface area contributed by atoms with Gasteiger partial charge in [-0.25, -0.2) is 0 Å². The number of rotatable bonds is 4. The minimum absolute atomic E-state index is 0.163. The molecular formula is C15H20N2S. The minimum Gasteiger partial charge on any atom is -0.295 e. The molecule has 2 rings (SSSR count). The Labute approximate surface area is 114 Å². The summed E-state index contributed by atoms with van der Waals surface area (Å²) in [7, 11) is 0. The number of thioether (sulfide) groups is 1. The van der Waals surface area contributed by atoms with Crippen LogP contribution in [0.15, 0.2) is 29.2 Å². The lowest BCUT2D eigenvalue weighted by atomic mass is 9.94. The highest BCUT2D eigenvalue weighted by molar-refractivity contribution is 7.98. The van der Waals surface area contributed by atoms with Crippen LogP contribution in [0.25, 0.3) is 0 Å². The second-order valence-corrected chi connectivity index (χ2v) is 5.72. The molecule has 18 heavy (non-hydrogen) atoms. The van der Waals surface area contributed by atoms with Gasteiger partial charge in [0.2, 0.25) is 0 Å². The molecule has 0 aliphatic heterocycles. The van der Waals surface area contributed by atoms with E-state index in [0.717, 1.165) is 5.56 Å². The van der Waals surface area contributed by atoms with E-state index in [-0.39, 0.29) is 6.04 Å². The van der Waals surface area contributed by atoms with Gasteiger partial charge in [0.25, 0.3) is 0 Å². The molecule has 0 bridgehead atoms. The van der Waals surface area contributed by atoms with E-state index >= 15 is 0 Å². The number of nitrogens with zero attached hydrogens (tertiary/aromatic N) is 1. The molecule has 96 valence electrons. The Kier molecular flexibility index (Phi) is 5.10. The van der Waals surface area contributed by atoms with Crippen molar-refractivity contribution in [1.82, 2.24) is 5.32 Å². The van der Waals surface area contributed by atoms with Crippen LogP contribution in [0.5, 0.6) is 0 Å². The van der Waals surface area contributed by atoms with Crippen LogP contribution in [-0.4, -0.2) is 12.3 Å².